The Labute approximate surface area is 117 Å². The van der Waals surface area contributed by atoms with E-state index in [0.29, 0.717) is 6.42 Å². The van der Waals surface area contributed by atoms with Gasteiger partial charge in [0.2, 0.25) is 0 Å². The molecule has 0 radical (unpaired) electrons. The van der Waals surface area contributed by atoms with E-state index in [1.165, 1.54) is 19.2 Å². The van der Waals surface area contributed by atoms with Crippen molar-refractivity contribution in [2.45, 2.75) is 25.8 Å². The van der Waals surface area contributed by atoms with Gasteiger partial charge >= 0.3 is 0 Å². The maximum absolute atomic E-state index is 13.5. The molecule has 3 N–H and O–H groups in total. The fraction of sp³-hybridized carbons (Fsp3) is 0.385. The summed E-state index contributed by atoms with van der Waals surface area (Å²) in [7, 11) is 1.36. The highest BCUT2D eigenvalue weighted by Crippen LogP contribution is 2.18. The number of nitrogens with two attached hydrogens (primary N) is 1. The normalized spacial score (nSPS) is 13.5. The summed E-state index contributed by atoms with van der Waals surface area (Å²) in [4.78, 5) is 12.2. The first-order valence-corrected chi connectivity index (χ1v) is 6.21. The predicted octanol–water partition coefficient (Wildman–Crippen LogP) is 2.02. The summed E-state index contributed by atoms with van der Waals surface area (Å²) in [6.45, 7) is 3.58. The van der Waals surface area contributed by atoms with Crippen LogP contribution in [0, 0.1) is 5.82 Å². The predicted molar refractivity (Wildman–Crippen MR) is 75.9 cm³/mol. The van der Waals surface area contributed by atoms with Crippen LogP contribution in [0.2, 0.25) is 0 Å². The van der Waals surface area contributed by atoms with E-state index in [9.17, 15) is 9.18 Å². The standard InChI is InChI=1S/C13H17FN2O2S/c1-4-13(2,12(15)19)16-11(17)8-5-6-10(18-3)9(14)7-8/h5-7H,4H2,1-3H3,(H2,15,19)(H,16,17). The number of thiocarbonyl (C=S) groups is 1. The van der Waals surface area contributed by atoms with Gasteiger partial charge in [0.1, 0.15) is 0 Å². The van der Waals surface area contributed by atoms with E-state index in [2.05, 4.69) is 5.32 Å². The van der Waals surface area contributed by atoms with Crippen molar-refractivity contribution in [2.24, 2.45) is 5.73 Å². The molecule has 0 bridgehead atoms. The minimum atomic E-state index is -0.789. The number of ether oxygens (including phenoxy) is 1. The molecule has 0 aromatic heterocycles. The van der Waals surface area contributed by atoms with Gasteiger partial charge in [0.25, 0.3) is 5.91 Å². The van der Waals surface area contributed by atoms with Crippen molar-refractivity contribution in [3.8, 4) is 5.75 Å². The molecule has 0 saturated heterocycles. The van der Waals surface area contributed by atoms with Crippen LogP contribution in [0.4, 0.5) is 4.39 Å². The van der Waals surface area contributed by atoms with Gasteiger partial charge in [0, 0.05) is 5.56 Å². The summed E-state index contributed by atoms with van der Waals surface area (Å²) in [6.07, 6.45) is 0.548. The lowest BCUT2D eigenvalue weighted by Gasteiger charge is -2.28. The smallest absolute Gasteiger partial charge is 0.252 e. The molecule has 0 saturated carbocycles. The minimum absolute atomic E-state index is 0.0872. The second-order valence-electron chi connectivity index (χ2n) is 4.35. The average molecular weight is 284 g/mol. The highest BCUT2D eigenvalue weighted by molar-refractivity contribution is 7.80. The van der Waals surface area contributed by atoms with Crippen molar-refractivity contribution in [3.05, 3.63) is 29.6 Å². The number of halogens is 1. The molecule has 0 heterocycles. The second kappa shape index (κ2) is 5.97. The van der Waals surface area contributed by atoms with Crippen LogP contribution in [0.5, 0.6) is 5.75 Å². The summed E-state index contributed by atoms with van der Waals surface area (Å²) in [5.74, 6) is -0.938. The van der Waals surface area contributed by atoms with Crippen LogP contribution in [-0.2, 0) is 0 Å². The third-order valence-electron chi connectivity index (χ3n) is 3.05. The fourth-order valence-electron chi connectivity index (χ4n) is 1.45. The Hall–Kier alpha value is -1.69. The van der Waals surface area contributed by atoms with Crippen LogP contribution in [0.25, 0.3) is 0 Å². The molecule has 1 amide bonds. The number of rotatable bonds is 5. The molecule has 6 heteroatoms. The van der Waals surface area contributed by atoms with Crippen LogP contribution in [0.15, 0.2) is 18.2 Å². The quantitative estimate of drug-likeness (QED) is 0.812. The Morgan fingerprint density at radius 3 is 2.63 bits per heavy atom. The Balaban J connectivity index is 2.95. The minimum Gasteiger partial charge on any atom is -0.494 e. The fourth-order valence-corrected chi connectivity index (χ4v) is 1.65. The Morgan fingerprint density at radius 1 is 1.58 bits per heavy atom. The average Bonchev–Trinajstić information content (AvgIpc) is 2.38. The molecular formula is C13H17FN2O2S. The topological polar surface area (TPSA) is 64.3 Å². The molecule has 0 aliphatic heterocycles. The van der Waals surface area contributed by atoms with Gasteiger partial charge in [-0.05, 0) is 31.5 Å². The van der Waals surface area contributed by atoms with Gasteiger partial charge in [0.05, 0.1) is 17.6 Å². The molecule has 4 nitrogen and oxygen atoms in total. The van der Waals surface area contributed by atoms with E-state index in [1.807, 2.05) is 6.92 Å². The van der Waals surface area contributed by atoms with Gasteiger partial charge in [-0.3, -0.25) is 4.79 Å². The molecule has 1 unspecified atom stereocenters. The summed E-state index contributed by atoms with van der Waals surface area (Å²) in [5, 5.41) is 2.71. The highest BCUT2D eigenvalue weighted by atomic mass is 32.1. The van der Waals surface area contributed by atoms with Crippen LogP contribution >= 0.6 is 12.2 Å². The molecule has 0 spiro atoms. The zero-order chi connectivity index (χ0) is 14.6. The van der Waals surface area contributed by atoms with Gasteiger partial charge in [-0.15, -0.1) is 0 Å². The molecule has 1 rings (SSSR count). The summed E-state index contributed by atoms with van der Waals surface area (Å²) < 4.78 is 18.3. The molecule has 0 aliphatic carbocycles. The SMILES string of the molecule is CCC(C)(NC(=O)c1ccc(OC)c(F)c1)C(N)=S. The molecule has 0 fully saturated rings. The number of amides is 1. The summed E-state index contributed by atoms with van der Waals surface area (Å²) in [5.41, 5.74) is 5.01. The van der Waals surface area contributed by atoms with E-state index < -0.39 is 17.3 Å². The number of carbonyl (C=O) groups excluding carboxylic acids is 1. The maximum atomic E-state index is 13.5. The van der Waals surface area contributed by atoms with Crippen molar-refractivity contribution in [1.29, 1.82) is 0 Å². The number of methoxy groups -OCH3 is 1. The van der Waals surface area contributed by atoms with Crippen molar-refractivity contribution in [1.82, 2.24) is 5.32 Å². The molecule has 0 aliphatic rings. The van der Waals surface area contributed by atoms with Crippen molar-refractivity contribution >= 4 is 23.1 Å². The molecular weight excluding hydrogens is 267 g/mol. The van der Waals surface area contributed by atoms with E-state index >= 15 is 0 Å². The summed E-state index contributed by atoms with van der Waals surface area (Å²) >= 11 is 4.93. The van der Waals surface area contributed by atoms with Gasteiger partial charge in [-0.25, -0.2) is 4.39 Å². The van der Waals surface area contributed by atoms with Gasteiger partial charge < -0.3 is 15.8 Å². The third kappa shape index (κ3) is 3.41. The van der Waals surface area contributed by atoms with Gasteiger partial charge in [-0.2, -0.15) is 0 Å². The lowest BCUT2D eigenvalue weighted by molar-refractivity contribution is 0.0926. The molecule has 1 aromatic carbocycles. The van der Waals surface area contributed by atoms with E-state index in [0.717, 1.165) is 6.07 Å². The Morgan fingerprint density at radius 2 is 2.21 bits per heavy atom. The maximum Gasteiger partial charge on any atom is 0.252 e. The van der Waals surface area contributed by atoms with Crippen molar-refractivity contribution in [2.75, 3.05) is 7.11 Å². The number of carbonyl (C=O) groups is 1. The van der Waals surface area contributed by atoms with Crippen LogP contribution < -0.4 is 15.8 Å². The molecule has 1 aromatic rings. The number of hydrogen-bond donors (Lipinski definition) is 2. The van der Waals surface area contributed by atoms with E-state index in [4.69, 9.17) is 22.7 Å². The lowest BCUT2D eigenvalue weighted by Crippen LogP contribution is -2.54. The van der Waals surface area contributed by atoms with Crippen LogP contribution in [-0.4, -0.2) is 23.5 Å². The third-order valence-corrected chi connectivity index (χ3v) is 3.50. The first-order valence-electron chi connectivity index (χ1n) is 5.80. The van der Waals surface area contributed by atoms with E-state index in [1.54, 1.807) is 6.92 Å². The zero-order valence-corrected chi connectivity index (χ0v) is 11.9. The Kier molecular flexibility index (Phi) is 4.83. The first-order chi connectivity index (χ1) is 8.84. The Bertz CT molecular complexity index is 507. The second-order valence-corrected chi connectivity index (χ2v) is 4.79. The number of nitrogens with one attached hydrogen (secondary N) is 1. The summed E-state index contributed by atoms with van der Waals surface area (Å²) in [6, 6.07) is 3.99. The lowest BCUT2D eigenvalue weighted by atomic mass is 9.98. The van der Waals surface area contributed by atoms with Crippen molar-refractivity contribution < 1.29 is 13.9 Å². The van der Waals surface area contributed by atoms with Gasteiger partial charge in [0.15, 0.2) is 11.6 Å². The van der Waals surface area contributed by atoms with E-state index in [-0.39, 0.29) is 16.3 Å². The molecule has 19 heavy (non-hydrogen) atoms. The monoisotopic (exact) mass is 284 g/mol. The molecule has 104 valence electrons. The van der Waals surface area contributed by atoms with Crippen LogP contribution in [0.3, 0.4) is 0 Å². The number of benzene rings is 1. The number of hydrogen-bond acceptors (Lipinski definition) is 3. The highest BCUT2D eigenvalue weighted by Gasteiger charge is 2.28. The van der Waals surface area contributed by atoms with Gasteiger partial charge in [-0.1, -0.05) is 19.1 Å². The largest absolute Gasteiger partial charge is 0.494 e. The first kappa shape index (κ1) is 15.4. The molecule has 1 atom stereocenters. The van der Waals surface area contributed by atoms with Crippen molar-refractivity contribution in [3.63, 3.8) is 0 Å². The van der Waals surface area contributed by atoms with Crippen LogP contribution in [0.1, 0.15) is 30.6 Å². The zero-order valence-electron chi connectivity index (χ0n) is 11.1.